The summed E-state index contributed by atoms with van der Waals surface area (Å²) in [7, 11) is 0. The highest BCUT2D eigenvalue weighted by molar-refractivity contribution is 6.28. The van der Waals surface area contributed by atoms with Gasteiger partial charge in [-0.15, -0.1) is 5.10 Å². The summed E-state index contributed by atoms with van der Waals surface area (Å²) < 4.78 is 2.34. The molecule has 0 unspecified atom stereocenters. The summed E-state index contributed by atoms with van der Waals surface area (Å²) in [6, 6.07) is 3.35. The molecule has 0 amide bonds. The van der Waals surface area contributed by atoms with Gasteiger partial charge in [0.15, 0.2) is 11.4 Å². The van der Waals surface area contributed by atoms with Crippen molar-refractivity contribution < 1.29 is 9.90 Å². The molecule has 0 bridgehead atoms. The molecule has 3 aromatic rings. The first kappa shape index (κ1) is 17.8. The van der Waals surface area contributed by atoms with E-state index in [1.165, 1.54) is 11.0 Å². The molecule has 26 heavy (non-hydrogen) atoms. The van der Waals surface area contributed by atoms with Crippen LogP contribution in [0.15, 0.2) is 23.3 Å². The van der Waals surface area contributed by atoms with Gasteiger partial charge in [-0.1, -0.05) is 6.92 Å². The Kier molecular flexibility index (Phi) is 4.60. The Morgan fingerprint density at radius 3 is 2.35 bits per heavy atom. The summed E-state index contributed by atoms with van der Waals surface area (Å²) in [5, 5.41) is 18.6. The first-order chi connectivity index (χ1) is 12.4. The van der Waals surface area contributed by atoms with Crippen LogP contribution in [-0.4, -0.2) is 35.9 Å². The lowest BCUT2D eigenvalue weighted by Gasteiger charge is -2.16. The molecule has 0 fully saturated rings. The van der Waals surface area contributed by atoms with E-state index in [0.29, 0.717) is 34.5 Å². The molecule has 9 heteroatoms. The number of nitrogens with zero attached hydrogens (tertiary/aromatic N) is 5. The minimum Gasteiger partial charge on any atom is -0.504 e. The van der Waals surface area contributed by atoms with Crippen molar-refractivity contribution in [1.82, 2.24) is 24.5 Å². The molecule has 2 heterocycles. The predicted octanol–water partition coefficient (Wildman–Crippen LogP) is 2.16. The fourth-order valence-electron chi connectivity index (χ4n) is 2.89. The van der Waals surface area contributed by atoms with Gasteiger partial charge in [-0.25, -0.2) is 9.67 Å². The van der Waals surface area contributed by atoms with Gasteiger partial charge in [-0.2, -0.15) is 9.78 Å². The molecule has 3 rings (SSSR count). The second-order valence-electron chi connectivity index (χ2n) is 5.79. The highest BCUT2D eigenvalue weighted by Gasteiger charge is 2.21. The largest absolute Gasteiger partial charge is 0.504 e. The molecule has 0 aliphatic rings. The Balaban J connectivity index is 2.37. The molecule has 0 aliphatic carbocycles. The van der Waals surface area contributed by atoms with Gasteiger partial charge in [0.25, 0.3) is 0 Å². The third-order valence-electron chi connectivity index (χ3n) is 4.00. The Bertz CT molecular complexity index is 1050. The third-order valence-corrected chi connectivity index (χ3v) is 4.18. The van der Waals surface area contributed by atoms with Crippen LogP contribution in [-0.2, 0) is 6.42 Å². The van der Waals surface area contributed by atoms with Gasteiger partial charge in [-0.05, 0) is 55.1 Å². The number of aryl methyl sites for hydroxylation is 3. The lowest BCUT2D eigenvalue weighted by Crippen LogP contribution is -2.28. The second kappa shape index (κ2) is 6.72. The molecule has 0 radical (unpaired) electrons. The van der Waals surface area contributed by atoms with E-state index in [-0.39, 0.29) is 16.7 Å². The average Bonchev–Trinajstić information content (AvgIpc) is 3.02. The molecule has 0 aliphatic heterocycles. The zero-order valence-electron chi connectivity index (χ0n) is 14.4. The molecule has 8 nitrogen and oxygen atoms in total. The first-order valence-corrected chi connectivity index (χ1v) is 8.24. The van der Waals surface area contributed by atoms with Crippen LogP contribution in [0.25, 0.3) is 11.4 Å². The molecule has 1 aromatic carbocycles. The molecular formula is C17H16ClN5O3. The average molecular weight is 374 g/mol. The molecule has 0 atom stereocenters. The number of aldehydes is 1. The van der Waals surface area contributed by atoms with Gasteiger partial charge < -0.3 is 5.11 Å². The number of aromatic nitrogens is 5. The Labute approximate surface area is 153 Å². The van der Waals surface area contributed by atoms with Crippen molar-refractivity contribution in [3.05, 3.63) is 56.5 Å². The Morgan fingerprint density at radius 2 is 1.85 bits per heavy atom. The van der Waals surface area contributed by atoms with Crippen LogP contribution in [0.5, 0.6) is 5.75 Å². The maximum absolute atomic E-state index is 13.1. The van der Waals surface area contributed by atoms with Crippen molar-refractivity contribution in [3.8, 4) is 17.1 Å². The molecule has 2 aromatic heterocycles. The fourth-order valence-corrected chi connectivity index (χ4v) is 3.02. The normalized spacial score (nSPS) is 10.9. The van der Waals surface area contributed by atoms with Crippen molar-refractivity contribution in [3.63, 3.8) is 0 Å². The standard InChI is InChI=1S/C17H16ClN5O3/c1-4-12-15(25)14(22-8-19-17(18)21-22)16(26)23(20-12)13-9(2)5-11(7-24)6-10(13)3/h5-8,25H,4H2,1-3H3. The number of carbonyl (C=O) groups is 1. The topological polar surface area (TPSA) is 103 Å². The smallest absolute Gasteiger partial charge is 0.301 e. The maximum Gasteiger partial charge on any atom is 0.301 e. The van der Waals surface area contributed by atoms with Crippen LogP contribution in [0.2, 0.25) is 5.28 Å². The second-order valence-corrected chi connectivity index (χ2v) is 6.13. The van der Waals surface area contributed by atoms with E-state index < -0.39 is 5.56 Å². The summed E-state index contributed by atoms with van der Waals surface area (Å²) >= 11 is 5.75. The van der Waals surface area contributed by atoms with E-state index in [1.54, 1.807) is 26.0 Å². The van der Waals surface area contributed by atoms with Crippen LogP contribution in [0.3, 0.4) is 0 Å². The van der Waals surface area contributed by atoms with Crippen molar-refractivity contribution in [1.29, 1.82) is 0 Å². The zero-order chi connectivity index (χ0) is 19.0. The number of rotatable bonds is 4. The number of halogens is 1. The summed E-state index contributed by atoms with van der Waals surface area (Å²) in [5.41, 5.74) is 2.12. The SMILES string of the molecule is CCc1nn(-c2c(C)cc(C=O)cc2C)c(=O)c(-n2cnc(Cl)n2)c1O. The van der Waals surface area contributed by atoms with Crippen LogP contribution in [0.4, 0.5) is 0 Å². The van der Waals surface area contributed by atoms with E-state index >= 15 is 0 Å². The minimum absolute atomic E-state index is 0.0482. The summed E-state index contributed by atoms with van der Waals surface area (Å²) in [4.78, 5) is 27.9. The van der Waals surface area contributed by atoms with E-state index in [9.17, 15) is 14.7 Å². The number of benzene rings is 1. The maximum atomic E-state index is 13.1. The first-order valence-electron chi connectivity index (χ1n) is 7.86. The van der Waals surface area contributed by atoms with Gasteiger partial charge in [0.1, 0.15) is 18.3 Å². The van der Waals surface area contributed by atoms with Crippen molar-refractivity contribution in [2.45, 2.75) is 27.2 Å². The summed E-state index contributed by atoms with van der Waals surface area (Å²) in [5.74, 6) is -0.268. The van der Waals surface area contributed by atoms with E-state index in [2.05, 4.69) is 15.2 Å². The van der Waals surface area contributed by atoms with Gasteiger partial charge in [0.05, 0.1) is 5.69 Å². The lowest BCUT2D eigenvalue weighted by atomic mass is 10.0. The van der Waals surface area contributed by atoms with Crippen LogP contribution in [0.1, 0.15) is 34.1 Å². The molecule has 1 N–H and O–H groups in total. The number of aromatic hydroxyl groups is 1. The molecule has 0 saturated heterocycles. The Morgan fingerprint density at radius 1 is 1.19 bits per heavy atom. The van der Waals surface area contributed by atoms with E-state index in [4.69, 9.17) is 11.6 Å². The lowest BCUT2D eigenvalue weighted by molar-refractivity contribution is 0.112. The van der Waals surface area contributed by atoms with Gasteiger partial charge >= 0.3 is 5.56 Å². The molecule has 0 saturated carbocycles. The van der Waals surface area contributed by atoms with Gasteiger partial charge in [-0.3, -0.25) is 9.59 Å². The molecular weight excluding hydrogens is 358 g/mol. The summed E-state index contributed by atoms with van der Waals surface area (Å²) in [6.07, 6.45) is 2.39. The molecule has 0 spiro atoms. The number of hydrogen-bond donors (Lipinski definition) is 1. The zero-order valence-corrected chi connectivity index (χ0v) is 15.2. The van der Waals surface area contributed by atoms with Gasteiger partial charge in [0, 0.05) is 5.56 Å². The molecule has 134 valence electrons. The Hall–Kier alpha value is -3.00. The van der Waals surface area contributed by atoms with Crippen molar-refractivity contribution in [2.24, 2.45) is 0 Å². The highest BCUT2D eigenvalue weighted by atomic mass is 35.5. The number of carbonyl (C=O) groups excluding carboxylic acids is 1. The van der Waals surface area contributed by atoms with E-state index in [0.717, 1.165) is 11.0 Å². The predicted molar refractivity (Wildman–Crippen MR) is 95.7 cm³/mol. The highest BCUT2D eigenvalue weighted by Crippen LogP contribution is 2.25. The van der Waals surface area contributed by atoms with Crippen LogP contribution >= 0.6 is 11.6 Å². The summed E-state index contributed by atoms with van der Waals surface area (Å²) in [6.45, 7) is 5.38. The van der Waals surface area contributed by atoms with Crippen LogP contribution in [0, 0.1) is 13.8 Å². The third kappa shape index (κ3) is 2.88. The van der Waals surface area contributed by atoms with Crippen molar-refractivity contribution in [2.75, 3.05) is 0 Å². The quantitative estimate of drug-likeness (QED) is 0.703. The fraction of sp³-hybridized carbons (Fsp3) is 0.235. The van der Waals surface area contributed by atoms with Crippen LogP contribution < -0.4 is 5.56 Å². The van der Waals surface area contributed by atoms with E-state index in [1.807, 2.05) is 6.92 Å². The monoisotopic (exact) mass is 373 g/mol. The number of hydrogen-bond acceptors (Lipinski definition) is 6. The van der Waals surface area contributed by atoms with Gasteiger partial charge in [0.2, 0.25) is 5.28 Å². The minimum atomic E-state index is -0.577. The van der Waals surface area contributed by atoms with Crippen molar-refractivity contribution >= 4 is 17.9 Å².